The summed E-state index contributed by atoms with van der Waals surface area (Å²) in [6.45, 7) is 5.97. The van der Waals surface area contributed by atoms with E-state index >= 15 is 0 Å². The van der Waals surface area contributed by atoms with Crippen LogP contribution in [0.5, 0.6) is 0 Å². The predicted octanol–water partition coefficient (Wildman–Crippen LogP) is 4.14. The molecule has 7 nitrogen and oxygen atoms in total. The van der Waals surface area contributed by atoms with E-state index in [4.69, 9.17) is 4.74 Å². The Balaban J connectivity index is 1.71. The summed E-state index contributed by atoms with van der Waals surface area (Å²) in [6.07, 6.45) is 0. The van der Waals surface area contributed by atoms with E-state index < -0.39 is 12.0 Å². The first-order chi connectivity index (χ1) is 15.0. The van der Waals surface area contributed by atoms with Crippen LogP contribution in [-0.2, 0) is 9.53 Å². The van der Waals surface area contributed by atoms with Crippen LogP contribution >= 0.6 is 11.8 Å². The van der Waals surface area contributed by atoms with Gasteiger partial charge < -0.3 is 20.4 Å². The van der Waals surface area contributed by atoms with Gasteiger partial charge in [-0.15, -0.1) is 0 Å². The van der Waals surface area contributed by atoms with Gasteiger partial charge in [0.05, 0.1) is 29.3 Å². The van der Waals surface area contributed by atoms with Gasteiger partial charge in [0.1, 0.15) is 0 Å². The van der Waals surface area contributed by atoms with Crippen LogP contribution in [0.25, 0.3) is 11.0 Å². The van der Waals surface area contributed by atoms with E-state index in [0.29, 0.717) is 22.2 Å². The van der Waals surface area contributed by atoms with Crippen molar-refractivity contribution in [2.45, 2.75) is 32.0 Å². The van der Waals surface area contributed by atoms with Gasteiger partial charge in [0.15, 0.2) is 5.16 Å². The molecular weight excluding hydrogens is 412 g/mol. The molecule has 31 heavy (non-hydrogen) atoms. The van der Waals surface area contributed by atoms with E-state index in [9.17, 15) is 9.59 Å². The van der Waals surface area contributed by atoms with Crippen LogP contribution in [0.15, 0.2) is 58.9 Å². The van der Waals surface area contributed by atoms with Crippen molar-refractivity contribution in [1.29, 1.82) is 0 Å². The van der Waals surface area contributed by atoms with Gasteiger partial charge >= 0.3 is 12.0 Å². The van der Waals surface area contributed by atoms with Crippen molar-refractivity contribution in [1.82, 2.24) is 20.6 Å². The Hall–Kier alpha value is -3.26. The largest absolute Gasteiger partial charge is 0.463 e. The quantitative estimate of drug-likeness (QED) is 0.399. The van der Waals surface area contributed by atoms with Crippen LogP contribution in [0.1, 0.15) is 29.7 Å². The minimum Gasteiger partial charge on any atom is -0.463 e. The zero-order valence-electron chi connectivity index (χ0n) is 17.6. The minimum atomic E-state index is -0.584. The molecule has 3 N–H and O–H groups in total. The molecule has 160 valence electrons. The number of esters is 1. The van der Waals surface area contributed by atoms with Crippen molar-refractivity contribution < 1.29 is 14.3 Å². The third-order valence-electron chi connectivity index (χ3n) is 5.12. The topological polar surface area (TPSA) is 96.1 Å². The molecule has 0 fully saturated rings. The maximum atomic E-state index is 12.9. The van der Waals surface area contributed by atoms with Crippen LogP contribution in [0, 0.1) is 13.8 Å². The smallest absolute Gasteiger partial charge is 0.338 e. The van der Waals surface area contributed by atoms with Crippen molar-refractivity contribution in [3.8, 4) is 0 Å². The minimum absolute atomic E-state index is 0.250. The molecule has 1 aliphatic heterocycles. The second-order valence-electron chi connectivity index (χ2n) is 7.35. The number of imidazole rings is 1. The third-order valence-corrected chi connectivity index (χ3v) is 6.02. The highest BCUT2D eigenvalue weighted by atomic mass is 32.2. The van der Waals surface area contributed by atoms with Crippen LogP contribution < -0.4 is 10.6 Å². The number of aromatic amines is 1. The van der Waals surface area contributed by atoms with Crippen LogP contribution in [0.2, 0.25) is 0 Å². The number of ether oxygens (including phenoxy) is 1. The summed E-state index contributed by atoms with van der Waals surface area (Å²) in [5.41, 5.74) is 5.67. The molecule has 1 aliphatic rings. The number of H-pyrrole nitrogens is 1. The zero-order valence-corrected chi connectivity index (χ0v) is 18.4. The molecule has 8 heteroatoms. The molecule has 2 amide bonds. The Morgan fingerprint density at radius 1 is 1.19 bits per heavy atom. The van der Waals surface area contributed by atoms with E-state index in [2.05, 4.69) is 20.6 Å². The van der Waals surface area contributed by atoms with Crippen LogP contribution in [0.3, 0.4) is 0 Å². The first-order valence-electron chi connectivity index (χ1n) is 10.1. The predicted molar refractivity (Wildman–Crippen MR) is 121 cm³/mol. The highest BCUT2D eigenvalue weighted by Crippen LogP contribution is 2.32. The van der Waals surface area contributed by atoms with Gasteiger partial charge in [-0.3, -0.25) is 0 Å². The molecule has 0 saturated heterocycles. The van der Waals surface area contributed by atoms with Gasteiger partial charge in [0.2, 0.25) is 0 Å². The molecule has 1 unspecified atom stereocenters. The first kappa shape index (κ1) is 21.0. The SMILES string of the molecule is CCOC(=O)C1=C(CSc2nc3ccccc3[nH]2)NC(=O)NC1c1cc(C)ccc1C. The highest BCUT2D eigenvalue weighted by Gasteiger charge is 2.34. The van der Waals surface area contributed by atoms with Crippen molar-refractivity contribution >= 4 is 34.8 Å². The fourth-order valence-corrected chi connectivity index (χ4v) is 4.48. The number of benzene rings is 2. The number of carbonyl (C=O) groups excluding carboxylic acids is 2. The lowest BCUT2D eigenvalue weighted by molar-refractivity contribution is -0.139. The van der Waals surface area contributed by atoms with Gasteiger partial charge in [-0.05, 0) is 44.0 Å². The lowest BCUT2D eigenvalue weighted by Crippen LogP contribution is -2.46. The summed E-state index contributed by atoms with van der Waals surface area (Å²) in [6, 6.07) is 12.8. The number of nitrogens with one attached hydrogen (secondary N) is 3. The Morgan fingerprint density at radius 3 is 2.77 bits per heavy atom. The molecule has 0 aliphatic carbocycles. The maximum Gasteiger partial charge on any atom is 0.338 e. The number of urea groups is 1. The van der Waals surface area contributed by atoms with Crippen molar-refractivity contribution in [2.24, 2.45) is 0 Å². The lowest BCUT2D eigenvalue weighted by atomic mass is 9.91. The van der Waals surface area contributed by atoms with Gasteiger partial charge in [-0.2, -0.15) is 0 Å². The summed E-state index contributed by atoms with van der Waals surface area (Å²) in [4.78, 5) is 33.3. The van der Waals surface area contributed by atoms with Crippen molar-refractivity contribution in [3.63, 3.8) is 0 Å². The molecule has 0 saturated carbocycles. The third kappa shape index (κ3) is 4.44. The molecular formula is C23H24N4O3S. The van der Waals surface area contributed by atoms with E-state index in [1.165, 1.54) is 11.8 Å². The molecule has 2 heterocycles. The number of para-hydroxylation sites is 2. The average Bonchev–Trinajstić information content (AvgIpc) is 3.16. The van der Waals surface area contributed by atoms with Gasteiger partial charge in [-0.1, -0.05) is 47.7 Å². The van der Waals surface area contributed by atoms with Crippen LogP contribution in [-0.4, -0.2) is 34.3 Å². The Labute approximate surface area is 184 Å². The molecule has 1 aromatic heterocycles. The monoisotopic (exact) mass is 436 g/mol. The number of hydrogen-bond acceptors (Lipinski definition) is 5. The van der Waals surface area contributed by atoms with Crippen molar-refractivity contribution in [2.75, 3.05) is 12.4 Å². The molecule has 0 bridgehead atoms. The van der Waals surface area contributed by atoms with E-state index in [1.54, 1.807) is 6.92 Å². The number of thioether (sulfide) groups is 1. The Kier molecular flexibility index (Phi) is 5.99. The fraction of sp³-hybridized carbons (Fsp3) is 0.261. The Bertz CT molecular complexity index is 1150. The molecule has 4 rings (SSSR count). The number of hydrogen-bond donors (Lipinski definition) is 3. The second kappa shape index (κ2) is 8.85. The molecule has 0 radical (unpaired) electrons. The number of fused-ring (bicyclic) bond motifs is 1. The number of nitrogens with zero attached hydrogens (tertiary/aromatic N) is 1. The summed E-state index contributed by atoms with van der Waals surface area (Å²) >= 11 is 1.42. The van der Waals surface area contributed by atoms with Gasteiger partial charge in [-0.25, -0.2) is 14.6 Å². The highest BCUT2D eigenvalue weighted by molar-refractivity contribution is 7.99. The number of rotatable bonds is 6. The second-order valence-corrected chi connectivity index (χ2v) is 8.32. The standard InChI is InChI=1S/C23H24N4O3S/c1-4-30-21(28)19-18(12-31-23-25-16-7-5-6-8-17(16)26-23)24-22(29)27-20(19)15-11-13(2)9-10-14(15)3/h5-11,20H,4,12H2,1-3H3,(H,25,26)(H2,24,27,29). The van der Waals surface area contributed by atoms with E-state index in [-0.39, 0.29) is 12.6 Å². The fourth-order valence-electron chi connectivity index (χ4n) is 3.62. The van der Waals surface area contributed by atoms with Gasteiger partial charge in [0, 0.05) is 11.4 Å². The first-order valence-corrected chi connectivity index (χ1v) is 11.1. The molecule has 2 aromatic carbocycles. The Morgan fingerprint density at radius 2 is 2.00 bits per heavy atom. The zero-order chi connectivity index (χ0) is 22.0. The van der Waals surface area contributed by atoms with Crippen molar-refractivity contribution in [3.05, 3.63) is 70.4 Å². The summed E-state index contributed by atoms with van der Waals surface area (Å²) < 4.78 is 5.35. The maximum absolute atomic E-state index is 12.9. The van der Waals surface area contributed by atoms with Crippen LogP contribution in [0.4, 0.5) is 4.79 Å². The average molecular weight is 437 g/mol. The number of carbonyl (C=O) groups is 2. The van der Waals surface area contributed by atoms with Gasteiger partial charge in [0.25, 0.3) is 0 Å². The lowest BCUT2D eigenvalue weighted by Gasteiger charge is -2.30. The summed E-state index contributed by atoms with van der Waals surface area (Å²) in [7, 11) is 0. The molecule has 0 spiro atoms. The number of aromatic nitrogens is 2. The van der Waals surface area contributed by atoms with E-state index in [1.807, 2.05) is 56.3 Å². The number of amides is 2. The normalized spacial score (nSPS) is 16.2. The molecule has 1 atom stereocenters. The summed E-state index contributed by atoms with van der Waals surface area (Å²) in [5, 5.41) is 6.42. The molecule has 3 aromatic rings. The van der Waals surface area contributed by atoms with E-state index in [0.717, 1.165) is 27.7 Å². The summed E-state index contributed by atoms with van der Waals surface area (Å²) in [5.74, 6) is -0.0796. The number of aryl methyl sites for hydroxylation is 2.